The molecule has 1 aliphatic heterocycles. The Morgan fingerprint density at radius 3 is 2.26 bits per heavy atom. The summed E-state index contributed by atoms with van der Waals surface area (Å²) in [6.45, 7) is 9.61. The fourth-order valence-corrected chi connectivity index (χ4v) is 4.34. The van der Waals surface area contributed by atoms with Crippen LogP contribution in [0, 0.1) is 13.8 Å². The standard InChI is InChI=1S/C24H28ClN5S/c1-18-23(19(2)30(27-18)17-20-6-4-3-5-7-20)26-24(31)29-14-12-28(13-15-29)16-21-8-10-22(25)11-9-21/h3-11H,12-17H2,1-2H3,(H,26,31). The Labute approximate surface area is 194 Å². The van der Waals surface area contributed by atoms with Gasteiger partial charge in [0.1, 0.15) is 0 Å². The maximum absolute atomic E-state index is 5.99. The van der Waals surface area contributed by atoms with Crippen molar-refractivity contribution < 1.29 is 0 Å². The van der Waals surface area contributed by atoms with Gasteiger partial charge in [0.2, 0.25) is 0 Å². The molecule has 2 heterocycles. The molecule has 1 aromatic heterocycles. The molecule has 0 aliphatic carbocycles. The first kappa shape index (κ1) is 21.8. The lowest BCUT2D eigenvalue weighted by atomic mass is 10.2. The molecule has 3 aromatic rings. The van der Waals surface area contributed by atoms with Gasteiger partial charge in [-0.3, -0.25) is 9.58 Å². The van der Waals surface area contributed by atoms with E-state index < -0.39 is 0 Å². The summed E-state index contributed by atoms with van der Waals surface area (Å²) in [6.07, 6.45) is 0. The van der Waals surface area contributed by atoms with Gasteiger partial charge in [0.15, 0.2) is 5.11 Å². The Morgan fingerprint density at radius 2 is 1.58 bits per heavy atom. The quantitative estimate of drug-likeness (QED) is 0.566. The van der Waals surface area contributed by atoms with Crippen molar-refractivity contribution in [3.63, 3.8) is 0 Å². The number of nitrogens with zero attached hydrogens (tertiary/aromatic N) is 4. The van der Waals surface area contributed by atoms with E-state index in [1.165, 1.54) is 11.1 Å². The smallest absolute Gasteiger partial charge is 0.173 e. The third-order valence-electron chi connectivity index (χ3n) is 5.77. The van der Waals surface area contributed by atoms with Gasteiger partial charge < -0.3 is 10.2 Å². The van der Waals surface area contributed by atoms with Crippen molar-refractivity contribution in [3.8, 4) is 0 Å². The fraction of sp³-hybridized carbons (Fsp3) is 0.333. The van der Waals surface area contributed by atoms with Gasteiger partial charge in [-0.2, -0.15) is 5.10 Å². The molecule has 0 radical (unpaired) electrons. The van der Waals surface area contributed by atoms with Crippen LogP contribution in [0.25, 0.3) is 0 Å². The van der Waals surface area contributed by atoms with E-state index in [-0.39, 0.29) is 0 Å². The molecule has 0 saturated carbocycles. The number of aryl methyl sites for hydroxylation is 1. The van der Waals surface area contributed by atoms with E-state index in [9.17, 15) is 0 Å². The number of nitrogens with one attached hydrogen (secondary N) is 1. The molecule has 0 atom stereocenters. The minimum atomic E-state index is 0.755. The molecular formula is C24H28ClN5S. The average Bonchev–Trinajstić information content (AvgIpc) is 3.04. The zero-order chi connectivity index (χ0) is 21.8. The summed E-state index contributed by atoms with van der Waals surface area (Å²) >= 11 is 11.7. The van der Waals surface area contributed by atoms with Gasteiger partial charge in [0.25, 0.3) is 0 Å². The van der Waals surface area contributed by atoms with E-state index in [4.69, 9.17) is 28.9 Å². The molecule has 1 N–H and O–H groups in total. The number of rotatable bonds is 5. The molecule has 2 aromatic carbocycles. The maximum atomic E-state index is 5.99. The maximum Gasteiger partial charge on any atom is 0.173 e. The number of benzene rings is 2. The summed E-state index contributed by atoms with van der Waals surface area (Å²) in [5.41, 5.74) is 5.61. The number of hydrogen-bond donors (Lipinski definition) is 1. The van der Waals surface area contributed by atoms with Gasteiger partial charge in [0, 0.05) is 37.7 Å². The van der Waals surface area contributed by atoms with Crippen molar-refractivity contribution in [3.05, 3.63) is 82.1 Å². The SMILES string of the molecule is Cc1nn(Cc2ccccc2)c(C)c1NC(=S)N1CCN(Cc2ccc(Cl)cc2)CC1. The lowest BCUT2D eigenvalue weighted by molar-refractivity contribution is 0.177. The molecule has 5 nitrogen and oxygen atoms in total. The minimum absolute atomic E-state index is 0.755. The molecule has 0 unspecified atom stereocenters. The lowest BCUT2D eigenvalue weighted by Crippen LogP contribution is -2.49. The molecule has 1 saturated heterocycles. The van der Waals surface area contributed by atoms with Crippen LogP contribution in [-0.4, -0.2) is 50.9 Å². The topological polar surface area (TPSA) is 36.3 Å². The van der Waals surface area contributed by atoms with Gasteiger partial charge in [-0.1, -0.05) is 54.1 Å². The van der Waals surface area contributed by atoms with Crippen LogP contribution in [-0.2, 0) is 13.1 Å². The van der Waals surface area contributed by atoms with Crippen molar-refractivity contribution in [2.75, 3.05) is 31.5 Å². The Morgan fingerprint density at radius 1 is 0.935 bits per heavy atom. The third-order valence-corrected chi connectivity index (χ3v) is 6.38. The van der Waals surface area contributed by atoms with Crippen LogP contribution in [0.3, 0.4) is 0 Å². The number of anilines is 1. The van der Waals surface area contributed by atoms with Crippen LogP contribution >= 0.6 is 23.8 Å². The van der Waals surface area contributed by atoms with E-state index in [1.54, 1.807) is 0 Å². The molecule has 0 spiro atoms. The van der Waals surface area contributed by atoms with Crippen molar-refractivity contribution in [1.29, 1.82) is 0 Å². The Balaban J connectivity index is 1.33. The molecule has 31 heavy (non-hydrogen) atoms. The number of hydrogen-bond acceptors (Lipinski definition) is 3. The monoisotopic (exact) mass is 453 g/mol. The molecule has 1 fully saturated rings. The third kappa shape index (κ3) is 5.45. The molecule has 0 bridgehead atoms. The van der Waals surface area contributed by atoms with Crippen molar-refractivity contribution in [1.82, 2.24) is 19.6 Å². The van der Waals surface area contributed by atoms with Crippen LogP contribution in [0.4, 0.5) is 5.69 Å². The summed E-state index contributed by atoms with van der Waals surface area (Å²) in [5.74, 6) is 0. The first-order valence-electron chi connectivity index (χ1n) is 10.6. The van der Waals surface area contributed by atoms with E-state index in [1.807, 2.05) is 29.8 Å². The first-order valence-corrected chi connectivity index (χ1v) is 11.4. The highest BCUT2D eigenvalue weighted by molar-refractivity contribution is 7.80. The Hall–Kier alpha value is -2.41. The average molecular weight is 454 g/mol. The highest BCUT2D eigenvalue weighted by Gasteiger charge is 2.21. The summed E-state index contributed by atoms with van der Waals surface area (Å²) in [7, 11) is 0. The van der Waals surface area contributed by atoms with Gasteiger partial charge in [-0.05, 0) is 49.3 Å². The van der Waals surface area contributed by atoms with Gasteiger partial charge in [0.05, 0.1) is 23.6 Å². The summed E-state index contributed by atoms with van der Waals surface area (Å²) in [5, 5.41) is 9.75. The number of aromatic nitrogens is 2. The lowest BCUT2D eigenvalue weighted by Gasteiger charge is -2.36. The van der Waals surface area contributed by atoms with Crippen LogP contribution in [0.2, 0.25) is 5.02 Å². The zero-order valence-electron chi connectivity index (χ0n) is 18.0. The van der Waals surface area contributed by atoms with Crippen LogP contribution in [0.1, 0.15) is 22.5 Å². The fourth-order valence-electron chi connectivity index (χ4n) is 3.93. The van der Waals surface area contributed by atoms with Gasteiger partial charge >= 0.3 is 0 Å². The molecule has 7 heteroatoms. The van der Waals surface area contributed by atoms with Crippen molar-refractivity contribution in [2.45, 2.75) is 26.9 Å². The second-order valence-electron chi connectivity index (χ2n) is 8.01. The molecule has 4 rings (SSSR count). The molecular weight excluding hydrogens is 426 g/mol. The van der Waals surface area contributed by atoms with Crippen molar-refractivity contribution >= 4 is 34.6 Å². The van der Waals surface area contributed by atoms with E-state index in [0.717, 1.165) is 66.5 Å². The second kappa shape index (κ2) is 9.81. The van der Waals surface area contributed by atoms with E-state index >= 15 is 0 Å². The highest BCUT2D eigenvalue weighted by Crippen LogP contribution is 2.21. The predicted molar refractivity (Wildman–Crippen MR) is 132 cm³/mol. The van der Waals surface area contributed by atoms with Crippen molar-refractivity contribution in [2.24, 2.45) is 0 Å². The Bertz CT molecular complexity index is 1020. The van der Waals surface area contributed by atoms with Gasteiger partial charge in [-0.25, -0.2) is 0 Å². The Kier molecular flexibility index (Phi) is 6.90. The van der Waals surface area contributed by atoms with Gasteiger partial charge in [-0.15, -0.1) is 0 Å². The minimum Gasteiger partial charge on any atom is -0.346 e. The second-order valence-corrected chi connectivity index (χ2v) is 8.83. The highest BCUT2D eigenvalue weighted by atomic mass is 35.5. The molecule has 162 valence electrons. The van der Waals surface area contributed by atoms with Crippen LogP contribution in [0.5, 0.6) is 0 Å². The normalized spacial score (nSPS) is 14.6. The molecule has 1 aliphatic rings. The first-order chi connectivity index (χ1) is 15.0. The van der Waals surface area contributed by atoms with E-state index in [2.05, 4.69) is 58.4 Å². The van der Waals surface area contributed by atoms with E-state index in [0.29, 0.717) is 0 Å². The summed E-state index contributed by atoms with van der Waals surface area (Å²) < 4.78 is 2.04. The molecule has 0 amide bonds. The predicted octanol–water partition coefficient (Wildman–Crippen LogP) is 4.72. The summed E-state index contributed by atoms with van der Waals surface area (Å²) in [4.78, 5) is 4.71. The number of thiocarbonyl (C=S) groups is 1. The zero-order valence-corrected chi connectivity index (χ0v) is 19.6. The summed E-state index contributed by atoms with van der Waals surface area (Å²) in [6, 6.07) is 18.5. The number of piperazine rings is 1. The number of halogens is 1. The van der Waals surface area contributed by atoms with Crippen LogP contribution in [0.15, 0.2) is 54.6 Å². The van der Waals surface area contributed by atoms with Crippen LogP contribution < -0.4 is 5.32 Å². The largest absolute Gasteiger partial charge is 0.346 e.